The van der Waals surface area contributed by atoms with E-state index in [-0.39, 0.29) is 29.7 Å². The Hall–Kier alpha value is -3.13. The van der Waals surface area contributed by atoms with Gasteiger partial charge in [0.1, 0.15) is 17.4 Å². The first-order chi connectivity index (χ1) is 16.1. The zero-order chi connectivity index (χ0) is 26.6. The molecule has 0 radical (unpaired) electrons. The Kier molecular flexibility index (Phi) is 8.90. The molecular formula is C23H34N2O8Si2. The Balaban J connectivity index is 2.45. The summed E-state index contributed by atoms with van der Waals surface area (Å²) in [5.74, 6) is -0.690. The Morgan fingerprint density at radius 3 is 1.77 bits per heavy atom. The van der Waals surface area contributed by atoms with Gasteiger partial charge in [-0.25, -0.2) is 9.59 Å². The molecular weight excluding hydrogens is 488 g/mol. The zero-order valence-electron chi connectivity index (χ0n) is 21.5. The molecule has 1 aliphatic rings. The summed E-state index contributed by atoms with van der Waals surface area (Å²) in [4.78, 5) is 36.0. The third kappa shape index (κ3) is 8.55. The molecule has 1 heterocycles. The van der Waals surface area contributed by atoms with Crippen LogP contribution in [0.1, 0.15) is 25.3 Å². The van der Waals surface area contributed by atoms with Crippen LogP contribution < -0.4 is 5.32 Å². The van der Waals surface area contributed by atoms with Crippen molar-refractivity contribution in [2.75, 3.05) is 12.5 Å². The largest absolute Gasteiger partial charge is 0.513 e. The van der Waals surface area contributed by atoms with Gasteiger partial charge in [0.15, 0.2) is 0 Å². The van der Waals surface area contributed by atoms with Gasteiger partial charge in [-0.05, 0) is 19.4 Å². The first-order valence-corrected chi connectivity index (χ1v) is 18.6. The summed E-state index contributed by atoms with van der Waals surface area (Å²) in [5.41, 5.74) is 1.21. The Morgan fingerprint density at radius 2 is 1.37 bits per heavy atom. The number of nitro groups is 1. The smallest absolute Gasteiger partial charge is 0.438 e. The summed E-state index contributed by atoms with van der Waals surface area (Å²) in [6, 6.07) is 5.85. The maximum absolute atomic E-state index is 12.5. The summed E-state index contributed by atoms with van der Waals surface area (Å²) < 4.78 is 21.8. The highest BCUT2D eigenvalue weighted by Gasteiger charge is 2.36. The van der Waals surface area contributed by atoms with Crippen molar-refractivity contribution >= 4 is 34.1 Å². The Bertz CT molecular complexity index is 1000. The van der Waals surface area contributed by atoms with Crippen LogP contribution in [-0.2, 0) is 18.9 Å². The molecule has 0 saturated carbocycles. The van der Waals surface area contributed by atoms with E-state index in [1.165, 1.54) is 18.2 Å². The number of hydrogen-bond acceptors (Lipinski definition) is 9. The van der Waals surface area contributed by atoms with Crippen molar-refractivity contribution in [1.29, 1.82) is 0 Å². The number of non-ortho nitro benzene ring substituents is 1. The topological polar surface area (TPSA) is 126 Å². The minimum atomic E-state index is -1.70. The number of nitrogens with zero attached hydrogens (tertiary/aromatic N) is 1. The van der Waals surface area contributed by atoms with Gasteiger partial charge >= 0.3 is 12.3 Å². The molecule has 0 fully saturated rings. The number of carbonyl (C=O) groups excluding carboxylic acids is 2. The van der Waals surface area contributed by atoms with Crippen LogP contribution in [0.4, 0.5) is 15.3 Å². The van der Waals surface area contributed by atoms with Crippen molar-refractivity contribution in [2.24, 2.45) is 0 Å². The second kappa shape index (κ2) is 11.1. The minimum Gasteiger partial charge on any atom is -0.438 e. The highest BCUT2D eigenvalue weighted by molar-refractivity contribution is 6.76. The molecule has 0 spiro atoms. The van der Waals surface area contributed by atoms with Gasteiger partial charge in [0.05, 0.1) is 44.9 Å². The number of benzene rings is 1. The molecule has 1 aromatic carbocycles. The summed E-state index contributed by atoms with van der Waals surface area (Å²) in [5, 5.41) is 14.5. The average molecular weight is 523 g/mol. The predicted molar refractivity (Wildman–Crippen MR) is 136 cm³/mol. The van der Waals surface area contributed by atoms with E-state index in [0.717, 1.165) is 0 Å². The minimum absolute atomic E-state index is 0.115. The summed E-state index contributed by atoms with van der Waals surface area (Å²) >= 11 is 0. The lowest BCUT2D eigenvalue weighted by atomic mass is 9.90. The number of rotatable bonds is 8. The fourth-order valence-corrected chi connectivity index (χ4v) is 4.24. The molecule has 0 aliphatic carbocycles. The second-order valence-electron chi connectivity index (χ2n) is 10.8. The third-order valence-corrected chi connectivity index (χ3v) is 6.71. The van der Waals surface area contributed by atoms with E-state index in [9.17, 15) is 19.7 Å². The molecule has 1 N–H and O–H groups in total. The molecule has 192 valence electrons. The normalized spacial score (nSPS) is 14.9. The summed E-state index contributed by atoms with van der Waals surface area (Å²) in [6.07, 6.45) is -1.29. The molecule has 0 unspecified atom stereocenters. The average Bonchev–Trinajstić information content (AvgIpc) is 2.73. The summed E-state index contributed by atoms with van der Waals surface area (Å²) in [6.45, 7) is 15.6. The standard InChI is InChI=1S/C23H34N2O8Si2/c1-15-20(32-22(26)30-13-34(3,4)5)19(17-10-9-11-18(12-17)25(28)29)21(16(2)24-15)33-23(27)31-14-35(6,7)8/h9-12,19,24H,13-14H2,1-8H3. The van der Waals surface area contributed by atoms with E-state index >= 15 is 0 Å². The quantitative estimate of drug-likeness (QED) is 0.195. The Labute approximate surface area is 207 Å². The van der Waals surface area contributed by atoms with Crippen LogP contribution in [-0.4, -0.2) is 45.8 Å². The first kappa shape index (κ1) is 28.1. The van der Waals surface area contributed by atoms with Gasteiger partial charge in [-0.2, -0.15) is 0 Å². The van der Waals surface area contributed by atoms with E-state index in [1.54, 1.807) is 19.9 Å². The van der Waals surface area contributed by atoms with Crippen molar-refractivity contribution in [3.8, 4) is 0 Å². The van der Waals surface area contributed by atoms with E-state index in [4.69, 9.17) is 18.9 Å². The monoisotopic (exact) mass is 522 g/mol. The molecule has 1 aromatic rings. The van der Waals surface area contributed by atoms with Crippen LogP contribution in [0.5, 0.6) is 0 Å². The van der Waals surface area contributed by atoms with Gasteiger partial charge in [0.2, 0.25) is 0 Å². The Morgan fingerprint density at radius 1 is 0.914 bits per heavy atom. The van der Waals surface area contributed by atoms with E-state index in [0.29, 0.717) is 17.0 Å². The van der Waals surface area contributed by atoms with Crippen LogP contribution in [0, 0.1) is 10.1 Å². The van der Waals surface area contributed by atoms with Gasteiger partial charge in [-0.3, -0.25) is 10.1 Å². The lowest BCUT2D eigenvalue weighted by Gasteiger charge is -2.30. The highest BCUT2D eigenvalue weighted by atomic mass is 28.3. The maximum atomic E-state index is 12.5. The fraction of sp³-hybridized carbons (Fsp3) is 0.478. The van der Waals surface area contributed by atoms with E-state index in [1.807, 2.05) is 39.3 Å². The highest BCUT2D eigenvalue weighted by Crippen LogP contribution is 2.40. The van der Waals surface area contributed by atoms with Gasteiger partial charge in [0.25, 0.3) is 5.69 Å². The van der Waals surface area contributed by atoms with Crippen LogP contribution in [0.15, 0.2) is 47.2 Å². The number of ether oxygens (including phenoxy) is 4. The summed E-state index contributed by atoms with van der Waals surface area (Å²) in [7, 11) is -3.39. The molecule has 12 heteroatoms. The van der Waals surface area contributed by atoms with E-state index in [2.05, 4.69) is 5.32 Å². The van der Waals surface area contributed by atoms with Crippen molar-refractivity contribution < 1.29 is 33.5 Å². The molecule has 35 heavy (non-hydrogen) atoms. The van der Waals surface area contributed by atoms with Crippen LogP contribution >= 0.6 is 0 Å². The number of carbonyl (C=O) groups is 2. The molecule has 0 atom stereocenters. The van der Waals surface area contributed by atoms with Crippen LogP contribution in [0.3, 0.4) is 0 Å². The second-order valence-corrected chi connectivity index (χ2v) is 21.6. The van der Waals surface area contributed by atoms with Crippen molar-refractivity contribution in [3.63, 3.8) is 0 Å². The fourth-order valence-electron chi connectivity index (χ4n) is 3.14. The van der Waals surface area contributed by atoms with Gasteiger partial charge in [-0.15, -0.1) is 0 Å². The molecule has 2 rings (SSSR count). The first-order valence-electron chi connectivity index (χ1n) is 11.2. The number of dihydropyridines is 1. The third-order valence-electron chi connectivity index (χ3n) is 4.69. The molecule has 10 nitrogen and oxygen atoms in total. The van der Waals surface area contributed by atoms with E-state index < -0.39 is 39.3 Å². The molecule has 0 saturated heterocycles. The predicted octanol–water partition coefficient (Wildman–Crippen LogP) is 5.81. The number of nitrogens with one attached hydrogen (secondary N) is 1. The molecule has 1 aliphatic heterocycles. The molecule has 0 amide bonds. The maximum Gasteiger partial charge on any atom is 0.513 e. The van der Waals surface area contributed by atoms with Crippen molar-refractivity contribution in [2.45, 2.75) is 59.0 Å². The lowest BCUT2D eigenvalue weighted by Crippen LogP contribution is -2.33. The zero-order valence-corrected chi connectivity index (χ0v) is 23.5. The molecule has 0 aromatic heterocycles. The van der Waals surface area contributed by atoms with Crippen LogP contribution in [0.2, 0.25) is 39.3 Å². The SMILES string of the molecule is CC1=C(OC(=O)OC[Si](C)(C)C)C(c2cccc([N+](=O)[O-])c2)C(OC(=O)OC[Si](C)(C)C)=C(C)N1. The van der Waals surface area contributed by atoms with Gasteiger partial charge < -0.3 is 24.3 Å². The van der Waals surface area contributed by atoms with Crippen molar-refractivity contribution in [3.05, 3.63) is 62.9 Å². The van der Waals surface area contributed by atoms with Crippen molar-refractivity contribution in [1.82, 2.24) is 5.32 Å². The van der Waals surface area contributed by atoms with Crippen LogP contribution in [0.25, 0.3) is 0 Å². The number of nitro benzene ring substituents is 1. The lowest BCUT2D eigenvalue weighted by molar-refractivity contribution is -0.384. The number of hydrogen-bond donors (Lipinski definition) is 1. The van der Waals surface area contributed by atoms with Gasteiger partial charge in [-0.1, -0.05) is 51.4 Å². The molecule has 0 bridgehead atoms. The van der Waals surface area contributed by atoms with Gasteiger partial charge in [0, 0.05) is 12.1 Å². The number of allylic oxidation sites excluding steroid dienone is 2.